The van der Waals surface area contributed by atoms with Crippen LogP contribution in [0.4, 0.5) is 5.69 Å². The summed E-state index contributed by atoms with van der Waals surface area (Å²) in [6.07, 6.45) is 0.226. The van der Waals surface area contributed by atoms with Crippen LogP contribution in [0.3, 0.4) is 0 Å². The first-order valence-corrected chi connectivity index (χ1v) is 8.16. The lowest BCUT2D eigenvalue weighted by atomic mass is 9.99. The molecule has 0 bridgehead atoms. The summed E-state index contributed by atoms with van der Waals surface area (Å²) in [7, 11) is 1.45. The van der Waals surface area contributed by atoms with E-state index in [1.165, 1.54) is 13.2 Å². The molecule has 26 heavy (non-hydrogen) atoms. The second-order valence-corrected chi connectivity index (χ2v) is 5.91. The van der Waals surface area contributed by atoms with Crippen LogP contribution in [0, 0.1) is 17.2 Å². The molecule has 0 heterocycles. The van der Waals surface area contributed by atoms with Crippen molar-refractivity contribution in [2.75, 3.05) is 12.4 Å². The molecule has 5 nitrogen and oxygen atoms in total. The lowest BCUT2D eigenvalue weighted by molar-refractivity contribution is -0.118. The number of nitriles is 1. The van der Waals surface area contributed by atoms with Crippen molar-refractivity contribution >= 4 is 22.4 Å². The number of rotatable bonds is 5. The molecule has 0 saturated heterocycles. The molecule has 0 spiro atoms. The Kier molecular flexibility index (Phi) is 5.04. The van der Waals surface area contributed by atoms with Crippen LogP contribution in [-0.2, 0) is 11.2 Å². The third kappa shape index (κ3) is 3.60. The van der Waals surface area contributed by atoms with E-state index in [1.807, 2.05) is 42.5 Å². The number of phenols is 1. The summed E-state index contributed by atoms with van der Waals surface area (Å²) in [6.45, 7) is 0. The minimum atomic E-state index is -0.858. The molecule has 1 unspecified atom stereocenters. The zero-order valence-electron chi connectivity index (χ0n) is 14.3. The molecule has 1 atom stereocenters. The predicted octanol–water partition coefficient (Wildman–Crippen LogP) is 3.87. The van der Waals surface area contributed by atoms with Crippen LogP contribution in [-0.4, -0.2) is 18.1 Å². The molecule has 3 aromatic rings. The predicted molar refractivity (Wildman–Crippen MR) is 100 cm³/mol. The van der Waals surface area contributed by atoms with Gasteiger partial charge in [-0.15, -0.1) is 0 Å². The second kappa shape index (κ2) is 7.58. The number of anilines is 1. The van der Waals surface area contributed by atoms with Crippen LogP contribution in [0.15, 0.2) is 60.7 Å². The first kappa shape index (κ1) is 17.3. The molecule has 130 valence electrons. The highest BCUT2D eigenvalue weighted by Crippen LogP contribution is 2.28. The van der Waals surface area contributed by atoms with Crippen LogP contribution >= 0.6 is 0 Å². The standard InChI is InChI=1S/C21H18N2O3/c1-26-20-12-14(9-10-19(20)24)11-16(13-22)21(25)23-18-8-4-6-15-5-2-3-7-17(15)18/h2-10,12,16,24H,11H2,1H3,(H,23,25). The summed E-state index contributed by atoms with van der Waals surface area (Å²) in [5.41, 5.74) is 1.41. The van der Waals surface area contributed by atoms with E-state index in [0.717, 1.165) is 16.3 Å². The van der Waals surface area contributed by atoms with Gasteiger partial charge in [-0.2, -0.15) is 5.26 Å². The Morgan fingerprint density at radius 2 is 1.96 bits per heavy atom. The minimum absolute atomic E-state index is 0.0185. The maximum Gasteiger partial charge on any atom is 0.242 e. The smallest absolute Gasteiger partial charge is 0.242 e. The quantitative estimate of drug-likeness (QED) is 0.734. The Hall–Kier alpha value is -3.52. The van der Waals surface area contributed by atoms with Crippen molar-refractivity contribution < 1.29 is 14.6 Å². The Labute approximate surface area is 151 Å². The van der Waals surface area contributed by atoms with Crippen LogP contribution < -0.4 is 10.1 Å². The fourth-order valence-corrected chi connectivity index (χ4v) is 2.84. The number of fused-ring (bicyclic) bond motifs is 1. The van der Waals surface area contributed by atoms with Crippen molar-refractivity contribution in [3.63, 3.8) is 0 Å². The molecule has 1 amide bonds. The average Bonchev–Trinajstić information content (AvgIpc) is 2.67. The molecule has 0 aliphatic heterocycles. The molecule has 3 aromatic carbocycles. The topological polar surface area (TPSA) is 82.3 Å². The first-order valence-electron chi connectivity index (χ1n) is 8.16. The van der Waals surface area contributed by atoms with E-state index in [9.17, 15) is 15.2 Å². The summed E-state index contributed by atoms with van der Waals surface area (Å²) < 4.78 is 5.07. The number of nitrogens with zero attached hydrogens (tertiary/aromatic N) is 1. The van der Waals surface area contributed by atoms with Gasteiger partial charge in [0, 0.05) is 11.1 Å². The summed E-state index contributed by atoms with van der Waals surface area (Å²) in [4.78, 5) is 12.6. The van der Waals surface area contributed by atoms with E-state index in [-0.39, 0.29) is 18.1 Å². The lowest BCUT2D eigenvalue weighted by Gasteiger charge is -2.13. The molecule has 0 aromatic heterocycles. The largest absolute Gasteiger partial charge is 0.504 e. The zero-order valence-corrected chi connectivity index (χ0v) is 14.3. The van der Waals surface area contributed by atoms with Crippen LogP contribution in [0.25, 0.3) is 10.8 Å². The van der Waals surface area contributed by atoms with Gasteiger partial charge in [0.05, 0.1) is 13.2 Å². The number of hydrogen-bond acceptors (Lipinski definition) is 4. The molecule has 0 radical (unpaired) electrons. The van der Waals surface area contributed by atoms with Gasteiger partial charge in [-0.3, -0.25) is 4.79 Å². The van der Waals surface area contributed by atoms with E-state index in [0.29, 0.717) is 11.4 Å². The lowest BCUT2D eigenvalue weighted by Crippen LogP contribution is -2.23. The molecule has 0 aliphatic carbocycles. The highest BCUT2D eigenvalue weighted by atomic mass is 16.5. The summed E-state index contributed by atoms with van der Waals surface area (Å²) in [5.74, 6) is -0.891. The highest BCUT2D eigenvalue weighted by Gasteiger charge is 2.20. The number of nitrogens with one attached hydrogen (secondary N) is 1. The van der Waals surface area contributed by atoms with Gasteiger partial charge in [0.15, 0.2) is 11.5 Å². The van der Waals surface area contributed by atoms with Crippen LogP contribution in [0.1, 0.15) is 5.56 Å². The molecule has 0 saturated carbocycles. The van der Waals surface area contributed by atoms with Gasteiger partial charge in [0.2, 0.25) is 5.91 Å². The van der Waals surface area contributed by atoms with Crippen LogP contribution in [0.5, 0.6) is 11.5 Å². The van der Waals surface area contributed by atoms with E-state index >= 15 is 0 Å². The maximum absolute atomic E-state index is 12.6. The fourth-order valence-electron chi connectivity index (χ4n) is 2.84. The first-order chi connectivity index (χ1) is 12.6. The van der Waals surface area contributed by atoms with Crippen molar-refractivity contribution in [3.8, 4) is 17.6 Å². The Morgan fingerprint density at radius 1 is 1.19 bits per heavy atom. The number of aromatic hydroxyl groups is 1. The van der Waals surface area contributed by atoms with Gasteiger partial charge < -0.3 is 15.2 Å². The van der Waals surface area contributed by atoms with E-state index < -0.39 is 5.92 Å². The van der Waals surface area contributed by atoms with Crippen molar-refractivity contribution in [3.05, 3.63) is 66.2 Å². The van der Waals surface area contributed by atoms with E-state index in [4.69, 9.17) is 4.74 Å². The number of carbonyl (C=O) groups is 1. The maximum atomic E-state index is 12.6. The third-order valence-corrected chi connectivity index (χ3v) is 4.20. The number of phenolic OH excluding ortho intramolecular Hbond substituents is 1. The molecule has 0 aliphatic rings. The molecule has 5 heteroatoms. The molecular formula is C21H18N2O3. The minimum Gasteiger partial charge on any atom is -0.504 e. The van der Waals surface area contributed by atoms with Gasteiger partial charge in [0.1, 0.15) is 5.92 Å². The normalized spacial score (nSPS) is 11.5. The Balaban J connectivity index is 1.80. The van der Waals surface area contributed by atoms with Crippen LogP contribution in [0.2, 0.25) is 0 Å². The van der Waals surface area contributed by atoms with Gasteiger partial charge in [-0.1, -0.05) is 42.5 Å². The van der Waals surface area contributed by atoms with Crippen molar-refractivity contribution in [2.45, 2.75) is 6.42 Å². The second-order valence-electron chi connectivity index (χ2n) is 5.91. The van der Waals surface area contributed by atoms with Crippen molar-refractivity contribution in [2.24, 2.45) is 5.92 Å². The highest BCUT2D eigenvalue weighted by molar-refractivity contribution is 6.03. The zero-order chi connectivity index (χ0) is 18.5. The molecule has 0 fully saturated rings. The number of methoxy groups -OCH3 is 1. The summed E-state index contributed by atoms with van der Waals surface area (Å²) in [6, 6.07) is 20.2. The fraction of sp³-hybridized carbons (Fsp3) is 0.143. The van der Waals surface area contributed by atoms with Crippen molar-refractivity contribution in [1.82, 2.24) is 0 Å². The van der Waals surface area contributed by atoms with Gasteiger partial charge in [-0.05, 0) is 35.6 Å². The SMILES string of the molecule is COc1cc(CC(C#N)C(=O)Nc2cccc3ccccc23)ccc1O. The summed E-state index contributed by atoms with van der Waals surface area (Å²) in [5, 5.41) is 23.9. The third-order valence-electron chi connectivity index (χ3n) is 4.20. The average molecular weight is 346 g/mol. The Bertz CT molecular complexity index is 987. The van der Waals surface area contributed by atoms with Crippen molar-refractivity contribution in [1.29, 1.82) is 5.26 Å². The summed E-state index contributed by atoms with van der Waals surface area (Å²) >= 11 is 0. The van der Waals surface area contributed by atoms with Gasteiger partial charge in [0.25, 0.3) is 0 Å². The van der Waals surface area contributed by atoms with E-state index in [2.05, 4.69) is 11.4 Å². The van der Waals surface area contributed by atoms with Gasteiger partial charge >= 0.3 is 0 Å². The number of amides is 1. The number of carbonyl (C=O) groups excluding carboxylic acids is 1. The van der Waals surface area contributed by atoms with E-state index in [1.54, 1.807) is 12.1 Å². The number of benzene rings is 3. The monoisotopic (exact) mass is 346 g/mol. The molecule has 2 N–H and O–H groups in total. The Morgan fingerprint density at radius 3 is 2.73 bits per heavy atom. The number of ether oxygens (including phenoxy) is 1. The van der Waals surface area contributed by atoms with Gasteiger partial charge in [-0.25, -0.2) is 0 Å². The molecular weight excluding hydrogens is 328 g/mol. The number of hydrogen-bond donors (Lipinski definition) is 2. The molecule has 3 rings (SSSR count).